The van der Waals surface area contributed by atoms with Crippen molar-refractivity contribution in [3.05, 3.63) is 47.9 Å². The number of nitrogens with one attached hydrogen (secondary N) is 1. The molecule has 9 nitrogen and oxygen atoms in total. The van der Waals surface area contributed by atoms with Crippen molar-refractivity contribution in [3.63, 3.8) is 0 Å². The monoisotopic (exact) mass is 451 g/mol. The van der Waals surface area contributed by atoms with Gasteiger partial charge in [0.25, 0.3) is 0 Å². The van der Waals surface area contributed by atoms with E-state index in [1.54, 1.807) is 18.2 Å². The number of aromatic nitrogens is 1. The van der Waals surface area contributed by atoms with Crippen LogP contribution in [0.15, 0.2) is 45.8 Å². The highest BCUT2D eigenvalue weighted by Gasteiger charge is 2.31. The van der Waals surface area contributed by atoms with Gasteiger partial charge in [-0.2, -0.15) is 0 Å². The summed E-state index contributed by atoms with van der Waals surface area (Å²) >= 11 is 0. The number of morpholine rings is 1. The average Bonchev–Trinajstić information content (AvgIpc) is 3.22. The molecule has 2 fully saturated rings. The summed E-state index contributed by atoms with van der Waals surface area (Å²) in [6, 6.07) is 10.1. The fourth-order valence-corrected chi connectivity index (χ4v) is 4.96. The number of nitrogens with zero attached hydrogens (tertiary/aromatic N) is 2. The number of rotatable bonds is 8. The highest BCUT2D eigenvalue weighted by Crippen LogP contribution is 2.23. The molecule has 0 bridgehead atoms. The fourth-order valence-electron chi connectivity index (χ4n) is 3.90. The Hall–Kier alpha value is -1.82. The Kier molecular flexibility index (Phi) is 7.36. The molecule has 3 heterocycles. The molecule has 0 amide bonds. The van der Waals surface area contributed by atoms with E-state index >= 15 is 0 Å². The molecule has 170 valence electrons. The average molecular weight is 452 g/mol. The molecule has 3 atom stereocenters. The molecule has 0 saturated carbocycles. The van der Waals surface area contributed by atoms with Crippen LogP contribution in [0.3, 0.4) is 0 Å². The Labute approximate surface area is 182 Å². The zero-order chi connectivity index (χ0) is 21.7. The van der Waals surface area contributed by atoms with Gasteiger partial charge < -0.3 is 19.1 Å². The van der Waals surface area contributed by atoms with Gasteiger partial charge in [-0.3, -0.25) is 4.90 Å². The molecule has 2 aliphatic rings. The van der Waals surface area contributed by atoms with Crippen LogP contribution in [0, 0.1) is 0 Å². The van der Waals surface area contributed by atoms with Gasteiger partial charge in [0, 0.05) is 32.1 Å². The van der Waals surface area contributed by atoms with Gasteiger partial charge in [0.15, 0.2) is 5.76 Å². The first-order chi connectivity index (χ1) is 15.0. The quantitative estimate of drug-likeness (QED) is 0.610. The molecule has 4 rings (SSSR count). The van der Waals surface area contributed by atoms with E-state index in [1.807, 2.05) is 6.07 Å². The van der Waals surface area contributed by atoms with Gasteiger partial charge in [-0.25, -0.2) is 13.1 Å². The number of aliphatic hydroxyl groups is 1. The maximum atomic E-state index is 12.4. The highest BCUT2D eigenvalue weighted by molar-refractivity contribution is 7.89. The van der Waals surface area contributed by atoms with E-state index in [-0.39, 0.29) is 17.5 Å². The molecule has 0 unspecified atom stereocenters. The van der Waals surface area contributed by atoms with Crippen molar-refractivity contribution in [3.8, 4) is 0 Å². The van der Waals surface area contributed by atoms with E-state index in [0.29, 0.717) is 25.8 Å². The van der Waals surface area contributed by atoms with E-state index in [1.165, 1.54) is 12.1 Å². The maximum Gasteiger partial charge on any atom is 0.240 e. The molecule has 0 aliphatic carbocycles. The number of aliphatic hydroxyl groups excluding tert-OH is 1. The summed E-state index contributed by atoms with van der Waals surface area (Å²) in [5.74, 6) is 0.805. The second kappa shape index (κ2) is 10.2. The van der Waals surface area contributed by atoms with Crippen molar-refractivity contribution in [1.82, 2.24) is 14.8 Å². The van der Waals surface area contributed by atoms with Crippen LogP contribution in [0.2, 0.25) is 0 Å². The number of hydrogen-bond donors (Lipinski definition) is 2. The molecule has 0 spiro atoms. The van der Waals surface area contributed by atoms with Gasteiger partial charge in [0.1, 0.15) is 0 Å². The molecule has 2 aromatic rings. The lowest BCUT2D eigenvalue weighted by molar-refractivity contribution is -0.113. The smallest absolute Gasteiger partial charge is 0.240 e. The minimum absolute atomic E-state index is 0.00991. The number of benzene rings is 1. The first-order valence-electron chi connectivity index (χ1n) is 10.6. The summed E-state index contributed by atoms with van der Waals surface area (Å²) in [4.78, 5) is 2.45. The van der Waals surface area contributed by atoms with Crippen molar-refractivity contribution in [2.24, 2.45) is 0 Å². The van der Waals surface area contributed by atoms with Gasteiger partial charge in [-0.1, -0.05) is 23.4 Å². The SMILES string of the molecule is O=S(=O)(NC[C@H]1O[C@H](Cc2cc(CN3CCOCC3)on2)CC[C@@H]1O)c1ccccc1. The lowest BCUT2D eigenvalue weighted by Gasteiger charge is -2.33. The zero-order valence-electron chi connectivity index (χ0n) is 17.4. The van der Waals surface area contributed by atoms with E-state index in [2.05, 4.69) is 14.8 Å². The lowest BCUT2D eigenvalue weighted by atomic mass is 9.98. The number of ether oxygens (including phenoxy) is 2. The zero-order valence-corrected chi connectivity index (χ0v) is 18.2. The third-order valence-corrected chi connectivity index (χ3v) is 7.08. The Morgan fingerprint density at radius 3 is 2.71 bits per heavy atom. The molecule has 10 heteroatoms. The second-order valence-corrected chi connectivity index (χ2v) is 9.75. The van der Waals surface area contributed by atoms with Crippen LogP contribution in [0.5, 0.6) is 0 Å². The second-order valence-electron chi connectivity index (χ2n) is 7.98. The molecule has 31 heavy (non-hydrogen) atoms. The largest absolute Gasteiger partial charge is 0.390 e. The van der Waals surface area contributed by atoms with E-state index < -0.39 is 22.2 Å². The summed E-state index contributed by atoms with van der Waals surface area (Å²) in [5, 5.41) is 14.5. The lowest BCUT2D eigenvalue weighted by Crippen LogP contribution is -2.46. The molecule has 2 saturated heterocycles. The Bertz CT molecular complexity index is 930. The van der Waals surface area contributed by atoms with E-state index in [0.717, 1.165) is 37.8 Å². The van der Waals surface area contributed by atoms with Crippen molar-refractivity contribution in [1.29, 1.82) is 0 Å². The van der Waals surface area contributed by atoms with Crippen LogP contribution < -0.4 is 4.72 Å². The molecule has 1 aromatic heterocycles. The predicted molar refractivity (Wildman–Crippen MR) is 112 cm³/mol. The number of sulfonamides is 1. The first kappa shape index (κ1) is 22.4. The Morgan fingerprint density at radius 2 is 1.94 bits per heavy atom. The Morgan fingerprint density at radius 1 is 1.16 bits per heavy atom. The minimum Gasteiger partial charge on any atom is -0.390 e. The van der Waals surface area contributed by atoms with Crippen LogP contribution in [0.1, 0.15) is 24.3 Å². The van der Waals surface area contributed by atoms with Crippen molar-refractivity contribution in [2.75, 3.05) is 32.8 Å². The van der Waals surface area contributed by atoms with Crippen molar-refractivity contribution >= 4 is 10.0 Å². The topological polar surface area (TPSA) is 114 Å². The normalized spacial score (nSPS) is 25.5. The minimum atomic E-state index is -3.65. The van der Waals surface area contributed by atoms with Crippen LogP contribution >= 0.6 is 0 Å². The molecule has 0 radical (unpaired) electrons. The third kappa shape index (κ3) is 6.12. The standard InChI is InChI=1S/C21H29N3O6S/c25-20-7-6-17(12-16-13-18(30-23-16)15-24-8-10-28-11-9-24)29-21(20)14-22-31(26,27)19-4-2-1-3-5-19/h1-5,13,17,20-22,25H,6-12,14-15H2/t17-,20-,21+/m0/s1. The van der Waals surface area contributed by atoms with Gasteiger partial charge >= 0.3 is 0 Å². The van der Waals surface area contributed by atoms with Gasteiger partial charge in [0.05, 0.1) is 48.7 Å². The predicted octanol–water partition coefficient (Wildman–Crippen LogP) is 0.936. The summed E-state index contributed by atoms with van der Waals surface area (Å²) in [5.41, 5.74) is 0.799. The molecule has 2 N–H and O–H groups in total. The molecule has 2 aliphatic heterocycles. The van der Waals surface area contributed by atoms with Gasteiger partial charge in [-0.05, 0) is 25.0 Å². The summed E-state index contributed by atoms with van der Waals surface area (Å²) < 4.78 is 44.3. The third-order valence-electron chi connectivity index (χ3n) is 5.64. The molecular formula is C21H29N3O6S. The van der Waals surface area contributed by atoms with Crippen LogP contribution in [-0.4, -0.2) is 74.7 Å². The van der Waals surface area contributed by atoms with Crippen molar-refractivity contribution < 1.29 is 27.5 Å². The molecule has 1 aromatic carbocycles. The fraction of sp³-hybridized carbons (Fsp3) is 0.571. The van der Waals surface area contributed by atoms with Crippen LogP contribution in [-0.2, 0) is 32.5 Å². The first-order valence-corrected chi connectivity index (χ1v) is 12.1. The van der Waals surface area contributed by atoms with Crippen LogP contribution in [0.4, 0.5) is 0 Å². The maximum absolute atomic E-state index is 12.4. The summed E-state index contributed by atoms with van der Waals surface area (Å²) in [6.07, 6.45) is 0.286. The highest BCUT2D eigenvalue weighted by atomic mass is 32.2. The molecular weight excluding hydrogens is 422 g/mol. The van der Waals surface area contributed by atoms with Gasteiger partial charge in [0.2, 0.25) is 10.0 Å². The summed E-state index contributed by atoms with van der Waals surface area (Å²) in [7, 11) is -3.65. The van der Waals surface area contributed by atoms with Crippen LogP contribution in [0.25, 0.3) is 0 Å². The van der Waals surface area contributed by atoms with Gasteiger partial charge in [-0.15, -0.1) is 0 Å². The van der Waals surface area contributed by atoms with Crippen molar-refractivity contribution in [2.45, 2.75) is 49.0 Å². The van der Waals surface area contributed by atoms with E-state index in [9.17, 15) is 13.5 Å². The number of hydrogen-bond acceptors (Lipinski definition) is 8. The summed E-state index contributed by atoms with van der Waals surface area (Å²) in [6.45, 7) is 3.92. The Balaban J connectivity index is 1.29. The van der Waals surface area contributed by atoms with E-state index in [4.69, 9.17) is 14.0 Å².